The second-order valence-electron chi connectivity index (χ2n) is 10.2. The van der Waals surface area contributed by atoms with Crippen molar-refractivity contribution < 1.29 is 23.9 Å². The first kappa shape index (κ1) is 30.2. The predicted octanol–water partition coefficient (Wildman–Crippen LogP) is 5.91. The van der Waals surface area contributed by atoms with Crippen LogP contribution >= 0.6 is 0 Å². The van der Waals surface area contributed by atoms with E-state index in [-0.39, 0.29) is 18.4 Å². The van der Waals surface area contributed by atoms with Gasteiger partial charge in [0, 0.05) is 13.0 Å². The minimum atomic E-state index is -0.865. The highest BCUT2D eigenvalue weighted by molar-refractivity contribution is 5.98. The third-order valence-electron chi connectivity index (χ3n) is 6.89. The molecule has 0 bridgehead atoms. The summed E-state index contributed by atoms with van der Waals surface area (Å²) in [5.41, 5.74) is 11.7. The van der Waals surface area contributed by atoms with Crippen LogP contribution in [0.2, 0.25) is 0 Å². The Kier molecular flexibility index (Phi) is 10.6. The van der Waals surface area contributed by atoms with Crippen molar-refractivity contribution in [2.45, 2.75) is 52.3 Å². The van der Waals surface area contributed by atoms with Crippen molar-refractivity contribution in [2.24, 2.45) is 5.73 Å². The quantitative estimate of drug-likeness (QED) is 0.154. The summed E-state index contributed by atoms with van der Waals surface area (Å²) in [6.07, 6.45) is 1.06. The number of aryl methyl sites for hydroxylation is 2. The second kappa shape index (κ2) is 14.8. The zero-order valence-corrected chi connectivity index (χ0v) is 24.0. The molecule has 0 saturated heterocycles. The Bertz CT molecular complexity index is 1530. The number of nitrogens with one attached hydrogen (secondary N) is 1. The van der Waals surface area contributed by atoms with Crippen LogP contribution in [0.3, 0.4) is 0 Å². The zero-order valence-electron chi connectivity index (χ0n) is 24.0. The summed E-state index contributed by atoms with van der Waals surface area (Å²) in [5.74, 6) is -1.22. The molecule has 0 saturated carbocycles. The van der Waals surface area contributed by atoms with Crippen LogP contribution in [0.4, 0.5) is 0 Å². The summed E-state index contributed by atoms with van der Waals surface area (Å²) in [4.78, 5) is 37.0. The first-order valence-electron chi connectivity index (χ1n) is 14.0. The molecule has 7 heteroatoms. The molecule has 1 atom stereocenters. The van der Waals surface area contributed by atoms with Crippen LogP contribution in [-0.2, 0) is 33.9 Å². The van der Waals surface area contributed by atoms with Crippen LogP contribution < -0.4 is 15.8 Å². The van der Waals surface area contributed by atoms with E-state index in [2.05, 4.69) is 18.3 Å². The monoisotopic (exact) mass is 564 g/mol. The van der Waals surface area contributed by atoms with Crippen LogP contribution in [-0.4, -0.2) is 23.9 Å². The fourth-order valence-electron chi connectivity index (χ4n) is 4.54. The number of primary amides is 1. The molecule has 0 aliphatic rings. The van der Waals surface area contributed by atoms with Gasteiger partial charge in [-0.05, 0) is 77.9 Å². The predicted molar refractivity (Wildman–Crippen MR) is 163 cm³/mol. The third-order valence-corrected chi connectivity index (χ3v) is 6.89. The minimum absolute atomic E-state index is 0.0152. The van der Waals surface area contributed by atoms with Gasteiger partial charge in [-0.25, -0.2) is 9.59 Å². The number of benzene rings is 4. The Labute approximate surface area is 246 Å². The van der Waals surface area contributed by atoms with Crippen LogP contribution in [0.15, 0.2) is 97.1 Å². The molecule has 3 N–H and O–H groups in total. The van der Waals surface area contributed by atoms with E-state index in [1.165, 1.54) is 5.56 Å². The second-order valence-corrected chi connectivity index (χ2v) is 10.2. The Morgan fingerprint density at radius 1 is 0.810 bits per heavy atom. The summed E-state index contributed by atoms with van der Waals surface area (Å²) < 4.78 is 11.2. The lowest BCUT2D eigenvalue weighted by Gasteiger charge is -2.17. The molecule has 0 spiro atoms. The van der Waals surface area contributed by atoms with Gasteiger partial charge in [-0.1, -0.05) is 79.2 Å². The van der Waals surface area contributed by atoms with Crippen molar-refractivity contribution in [3.05, 3.63) is 125 Å². The highest BCUT2D eigenvalue weighted by Crippen LogP contribution is 2.23. The van der Waals surface area contributed by atoms with Gasteiger partial charge in [-0.3, -0.25) is 4.79 Å². The Balaban J connectivity index is 1.37. The van der Waals surface area contributed by atoms with E-state index in [1.54, 1.807) is 12.1 Å². The fraction of sp³-hybridized carbons (Fsp3) is 0.229. The molecule has 0 heterocycles. The van der Waals surface area contributed by atoms with Gasteiger partial charge >= 0.3 is 11.9 Å². The highest BCUT2D eigenvalue weighted by Gasteiger charge is 2.24. The first-order valence-corrected chi connectivity index (χ1v) is 14.0. The molecular formula is C35H36N2O5. The number of esters is 2. The van der Waals surface area contributed by atoms with Gasteiger partial charge in [-0.15, -0.1) is 0 Å². The topological polar surface area (TPSA) is 108 Å². The van der Waals surface area contributed by atoms with Crippen LogP contribution in [0.1, 0.15) is 52.4 Å². The van der Waals surface area contributed by atoms with Crippen LogP contribution in [0.25, 0.3) is 11.1 Å². The Morgan fingerprint density at radius 2 is 1.52 bits per heavy atom. The minimum Gasteiger partial charge on any atom is -0.489 e. The summed E-state index contributed by atoms with van der Waals surface area (Å²) in [5, 5.41) is 3.09. The van der Waals surface area contributed by atoms with Gasteiger partial charge in [0.1, 0.15) is 18.4 Å². The number of ether oxygens (including phenoxy) is 2. The van der Waals surface area contributed by atoms with Gasteiger partial charge in [-0.2, -0.15) is 0 Å². The molecule has 4 aromatic rings. The highest BCUT2D eigenvalue weighted by atomic mass is 16.6. The molecule has 1 amide bonds. The molecule has 42 heavy (non-hydrogen) atoms. The van der Waals surface area contributed by atoms with Crippen molar-refractivity contribution >= 4 is 17.8 Å². The van der Waals surface area contributed by atoms with E-state index in [0.717, 1.165) is 40.0 Å². The zero-order chi connectivity index (χ0) is 29.9. The van der Waals surface area contributed by atoms with Crippen molar-refractivity contribution in [1.29, 1.82) is 0 Å². The number of carbonyl (C=O) groups excluding carboxylic acids is 3. The van der Waals surface area contributed by atoms with Crippen molar-refractivity contribution in [3.8, 4) is 16.9 Å². The van der Waals surface area contributed by atoms with Crippen LogP contribution in [0.5, 0.6) is 5.75 Å². The van der Waals surface area contributed by atoms with E-state index in [1.807, 2.05) is 85.8 Å². The molecule has 7 nitrogen and oxygen atoms in total. The normalized spacial score (nSPS) is 11.5. The van der Waals surface area contributed by atoms with Gasteiger partial charge in [0.25, 0.3) is 0 Å². The average molecular weight is 565 g/mol. The molecule has 0 aliphatic heterocycles. The molecule has 4 rings (SSSR count). The lowest BCUT2D eigenvalue weighted by molar-refractivity contribution is -0.140. The SMILES string of the molecule is CCc1cccc(OCc2cccc(-c3ccc(C(=O)OC(=O)[C@H](CCC(N)=O)NCc4cccc(C)c4)cc3)c2)c1. The molecule has 0 radical (unpaired) electrons. The molecule has 0 unspecified atom stereocenters. The van der Waals surface area contributed by atoms with E-state index in [4.69, 9.17) is 15.2 Å². The fourth-order valence-corrected chi connectivity index (χ4v) is 4.54. The first-order chi connectivity index (χ1) is 20.3. The Morgan fingerprint density at radius 3 is 2.26 bits per heavy atom. The van der Waals surface area contributed by atoms with E-state index in [9.17, 15) is 14.4 Å². The van der Waals surface area contributed by atoms with Gasteiger partial charge in [0.2, 0.25) is 5.91 Å². The smallest absolute Gasteiger partial charge is 0.345 e. The molecule has 0 fully saturated rings. The van der Waals surface area contributed by atoms with Crippen molar-refractivity contribution in [2.75, 3.05) is 0 Å². The standard InChI is InChI=1S/C35H36N2O5/c1-3-25-8-6-12-31(21-25)41-23-27-10-5-11-30(20-27)28-13-15-29(16-14-28)34(39)42-35(40)32(17-18-33(36)38)37-22-26-9-4-7-24(2)19-26/h4-16,19-21,32,37H,3,17-18,22-23H2,1-2H3,(H2,36,38)/t32-/m0/s1. The number of nitrogens with two attached hydrogens (primary N) is 1. The lowest BCUT2D eigenvalue weighted by Crippen LogP contribution is -2.39. The molecular weight excluding hydrogens is 528 g/mol. The summed E-state index contributed by atoms with van der Waals surface area (Å²) in [6.45, 7) is 4.89. The number of amides is 1. The molecule has 216 valence electrons. The summed E-state index contributed by atoms with van der Waals surface area (Å²) in [7, 11) is 0. The Hall–Kier alpha value is -4.75. The number of rotatable bonds is 13. The lowest BCUT2D eigenvalue weighted by atomic mass is 10.0. The molecule has 0 aliphatic carbocycles. The van der Waals surface area contributed by atoms with Crippen molar-refractivity contribution in [1.82, 2.24) is 5.32 Å². The van der Waals surface area contributed by atoms with Gasteiger partial charge in [0.15, 0.2) is 0 Å². The number of hydrogen-bond acceptors (Lipinski definition) is 6. The van der Waals surface area contributed by atoms with E-state index < -0.39 is 23.9 Å². The van der Waals surface area contributed by atoms with E-state index in [0.29, 0.717) is 13.2 Å². The van der Waals surface area contributed by atoms with Gasteiger partial charge < -0.3 is 20.5 Å². The summed E-state index contributed by atoms with van der Waals surface area (Å²) >= 11 is 0. The number of carbonyl (C=O) groups is 3. The number of hydrogen-bond donors (Lipinski definition) is 2. The summed E-state index contributed by atoms with van der Waals surface area (Å²) in [6, 6.07) is 29.9. The largest absolute Gasteiger partial charge is 0.489 e. The van der Waals surface area contributed by atoms with Crippen LogP contribution in [0, 0.1) is 6.92 Å². The molecule has 4 aromatic carbocycles. The van der Waals surface area contributed by atoms with Gasteiger partial charge in [0.05, 0.1) is 5.56 Å². The average Bonchev–Trinajstić information content (AvgIpc) is 3.00. The third kappa shape index (κ3) is 8.88. The maximum Gasteiger partial charge on any atom is 0.345 e. The molecule has 0 aromatic heterocycles. The van der Waals surface area contributed by atoms with Crippen molar-refractivity contribution in [3.63, 3.8) is 0 Å². The maximum atomic E-state index is 12.9. The maximum absolute atomic E-state index is 12.9. The van der Waals surface area contributed by atoms with E-state index >= 15 is 0 Å².